The van der Waals surface area contributed by atoms with Gasteiger partial charge in [-0.25, -0.2) is 4.79 Å². The molecule has 5 aliphatic rings. The number of esters is 1. The van der Waals surface area contributed by atoms with Crippen LogP contribution in [0.1, 0.15) is 85.0 Å². The number of nitrogens with zero attached hydrogens (tertiary/aromatic N) is 2. The Labute approximate surface area is 215 Å². The SMILES string of the molecule is COC(=O)[C@H]1CCCN1C(=O)CO/N=C1/C=C2CC[C@H]3[C@@H]4CC[C@H](C(C)=O)[C@@]4(C)CC[C@@H]3[C@@]2(C)CC1. The number of hydrogen-bond acceptors (Lipinski definition) is 6. The molecule has 0 aromatic heterocycles. The Bertz CT molecular complexity index is 988. The minimum Gasteiger partial charge on any atom is -0.467 e. The highest BCUT2D eigenvalue weighted by atomic mass is 16.6. The fourth-order valence-electron chi connectivity index (χ4n) is 9.01. The molecule has 3 saturated carbocycles. The van der Waals surface area contributed by atoms with Crippen LogP contribution >= 0.6 is 0 Å². The van der Waals surface area contributed by atoms with Crippen molar-refractivity contribution in [1.29, 1.82) is 0 Å². The molecule has 1 heterocycles. The quantitative estimate of drug-likeness (QED) is 0.405. The molecule has 4 aliphatic carbocycles. The van der Waals surface area contributed by atoms with Crippen LogP contribution in [0.2, 0.25) is 0 Å². The van der Waals surface area contributed by atoms with E-state index in [0.29, 0.717) is 36.5 Å². The van der Waals surface area contributed by atoms with E-state index in [2.05, 4.69) is 25.1 Å². The van der Waals surface area contributed by atoms with E-state index < -0.39 is 6.04 Å². The van der Waals surface area contributed by atoms with Gasteiger partial charge in [0.25, 0.3) is 5.91 Å². The van der Waals surface area contributed by atoms with Gasteiger partial charge in [0.1, 0.15) is 11.8 Å². The lowest BCUT2D eigenvalue weighted by atomic mass is 9.46. The molecule has 1 amide bonds. The van der Waals surface area contributed by atoms with E-state index >= 15 is 0 Å². The second-order valence-electron chi connectivity index (χ2n) is 12.4. The third-order valence-electron chi connectivity index (χ3n) is 10.9. The van der Waals surface area contributed by atoms with Crippen LogP contribution in [0, 0.1) is 34.5 Å². The molecule has 0 spiro atoms. The Morgan fingerprint density at radius 1 is 1.06 bits per heavy atom. The van der Waals surface area contributed by atoms with Gasteiger partial charge in [-0.1, -0.05) is 24.6 Å². The van der Waals surface area contributed by atoms with Gasteiger partial charge in [-0.15, -0.1) is 0 Å². The van der Waals surface area contributed by atoms with Gasteiger partial charge in [0.2, 0.25) is 0 Å². The molecule has 0 bridgehead atoms. The summed E-state index contributed by atoms with van der Waals surface area (Å²) in [6, 6.07) is -0.505. The summed E-state index contributed by atoms with van der Waals surface area (Å²) in [7, 11) is 1.35. The highest BCUT2D eigenvalue weighted by Crippen LogP contribution is 2.66. The summed E-state index contributed by atoms with van der Waals surface area (Å²) < 4.78 is 4.83. The van der Waals surface area contributed by atoms with Crippen LogP contribution in [0.3, 0.4) is 0 Å². The van der Waals surface area contributed by atoms with E-state index in [1.165, 1.54) is 38.4 Å². The molecule has 1 aliphatic heterocycles. The minimum atomic E-state index is -0.505. The Morgan fingerprint density at radius 2 is 1.86 bits per heavy atom. The van der Waals surface area contributed by atoms with E-state index in [1.807, 2.05) is 0 Å². The van der Waals surface area contributed by atoms with Gasteiger partial charge >= 0.3 is 5.97 Å². The number of likely N-dealkylation sites (tertiary alicyclic amines) is 1. The van der Waals surface area contributed by atoms with Gasteiger partial charge < -0.3 is 14.5 Å². The molecule has 7 heteroatoms. The van der Waals surface area contributed by atoms with Crippen molar-refractivity contribution in [2.75, 3.05) is 20.3 Å². The molecule has 0 radical (unpaired) electrons. The van der Waals surface area contributed by atoms with E-state index in [4.69, 9.17) is 9.57 Å². The summed E-state index contributed by atoms with van der Waals surface area (Å²) in [6.07, 6.45) is 12.5. The molecule has 4 fully saturated rings. The van der Waals surface area contributed by atoms with Gasteiger partial charge in [-0.2, -0.15) is 0 Å². The number of allylic oxidation sites excluding steroid dienone is 2. The summed E-state index contributed by atoms with van der Waals surface area (Å²) >= 11 is 0. The number of ether oxygens (including phenoxy) is 1. The second kappa shape index (κ2) is 9.60. The highest BCUT2D eigenvalue weighted by Gasteiger charge is 2.59. The summed E-state index contributed by atoms with van der Waals surface area (Å²) in [5, 5.41) is 4.34. The lowest BCUT2D eigenvalue weighted by Crippen LogP contribution is -2.51. The summed E-state index contributed by atoms with van der Waals surface area (Å²) in [4.78, 5) is 44.0. The predicted octanol–water partition coefficient (Wildman–Crippen LogP) is 4.69. The first-order valence-electron chi connectivity index (χ1n) is 14.0. The van der Waals surface area contributed by atoms with Crippen molar-refractivity contribution in [2.45, 2.75) is 91.0 Å². The van der Waals surface area contributed by atoms with E-state index in [0.717, 1.165) is 37.8 Å². The molecule has 7 nitrogen and oxygen atoms in total. The standard InChI is InChI=1S/C29H42N2O5/c1-18(32)22-9-10-23-21-8-7-19-16-20(11-13-28(19,2)24(21)12-14-29(22,23)3)30-36-17-26(33)31-15-5-6-25(31)27(34)35-4/h16,21-25H,5-15,17H2,1-4H3/b30-20+/t21-,22+,23-,24-,25+,28-,29+/m0/s1. The van der Waals surface area contributed by atoms with Gasteiger partial charge in [0.05, 0.1) is 12.8 Å². The lowest BCUT2D eigenvalue weighted by molar-refractivity contribution is -0.152. The maximum absolute atomic E-state index is 12.6. The average Bonchev–Trinajstić information content (AvgIpc) is 3.48. The number of amides is 1. The van der Waals surface area contributed by atoms with Crippen LogP contribution in [-0.4, -0.2) is 54.6 Å². The number of carbonyl (C=O) groups is 3. The van der Waals surface area contributed by atoms with Crippen LogP contribution < -0.4 is 0 Å². The molecular weight excluding hydrogens is 456 g/mol. The number of carbonyl (C=O) groups excluding carboxylic acids is 3. The van der Waals surface area contributed by atoms with E-state index in [-0.39, 0.29) is 35.2 Å². The first-order valence-corrected chi connectivity index (χ1v) is 14.0. The van der Waals surface area contributed by atoms with Crippen LogP contribution in [-0.2, 0) is 24.0 Å². The number of oxime groups is 1. The summed E-state index contributed by atoms with van der Waals surface area (Å²) in [6.45, 7) is 7.06. The number of ketones is 1. The minimum absolute atomic E-state index is 0.153. The van der Waals surface area contributed by atoms with Crippen LogP contribution in [0.4, 0.5) is 0 Å². The monoisotopic (exact) mass is 498 g/mol. The smallest absolute Gasteiger partial charge is 0.328 e. The van der Waals surface area contributed by atoms with Crippen molar-refractivity contribution in [1.82, 2.24) is 4.90 Å². The van der Waals surface area contributed by atoms with E-state index in [9.17, 15) is 14.4 Å². The molecule has 0 N–H and O–H groups in total. The Balaban J connectivity index is 1.23. The Kier molecular flexibility index (Phi) is 6.80. The van der Waals surface area contributed by atoms with Crippen LogP contribution in [0.15, 0.2) is 16.8 Å². The number of rotatable bonds is 5. The van der Waals surface area contributed by atoms with Crippen molar-refractivity contribution in [2.24, 2.45) is 39.7 Å². The number of fused-ring (bicyclic) bond motifs is 5. The zero-order valence-electron chi connectivity index (χ0n) is 22.4. The third kappa shape index (κ3) is 4.10. The Hall–Kier alpha value is -2.18. The molecule has 36 heavy (non-hydrogen) atoms. The Morgan fingerprint density at radius 3 is 2.61 bits per heavy atom. The zero-order valence-corrected chi connectivity index (χ0v) is 22.4. The largest absolute Gasteiger partial charge is 0.467 e. The van der Waals surface area contributed by atoms with Crippen molar-refractivity contribution < 1.29 is 24.0 Å². The highest BCUT2D eigenvalue weighted by molar-refractivity contribution is 5.96. The zero-order chi connectivity index (χ0) is 25.7. The maximum Gasteiger partial charge on any atom is 0.328 e. The van der Waals surface area contributed by atoms with Gasteiger partial charge in [-0.05, 0) is 106 Å². The molecular formula is C29H42N2O5. The second-order valence-corrected chi connectivity index (χ2v) is 12.4. The van der Waals surface area contributed by atoms with Crippen molar-refractivity contribution in [3.05, 3.63) is 11.6 Å². The molecule has 0 aromatic rings. The average molecular weight is 499 g/mol. The lowest BCUT2D eigenvalue weighted by Gasteiger charge is -2.58. The van der Waals surface area contributed by atoms with Crippen molar-refractivity contribution >= 4 is 23.4 Å². The normalized spacial score (nSPS) is 40.7. The molecule has 5 rings (SSSR count). The molecule has 198 valence electrons. The molecule has 0 unspecified atom stereocenters. The third-order valence-corrected chi connectivity index (χ3v) is 10.9. The van der Waals surface area contributed by atoms with Gasteiger partial charge in [0, 0.05) is 12.5 Å². The maximum atomic E-state index is 12.6. The first kappa shape index (κ1) is 25.5. The fraction of sp³-hybridized carbons (Fsp3) is 0.793. The number of methoxy groups -OCH3 is 1. The summed E-state index contributed by atoms with van der Waals surface area (Å²) in [5.74, 6) is 2.13. The van der Waals surface area contributed by atoms with Gasteiger partial charge in [-0.3, -0.25) is 9.59 Å². The van der Waals surface area contributed by atoms with Gasteiger partial charge in [0.15, 0.2) is 6.61 Å². The van der Waals surface area contributed by atoms with Crippen LogP contribution in [0.25, 0.3) is 0 Å². The van der Waals surface area contributed by atoms with Crippen molar-refractivity contribution in [3.8, 4) is 0 Å². The molecule has 0 aromatic carbocycles. The number of hydrogen-bond donors (Lipinski definition) is 0. The number of Topliss-reactive ketones (excluding diaryl/α,β-unsaturated/α-hetero) is 1. The fourth-order valence-corrected chi connectivity index (χ4v) is 9.01. The topological polar surface area (TPSA) is 85.3 Å². The van der Waals surface area contributed by atoms with Crippen molar-refractivity contribution in [3.63, 3.8) is 0 Å². The predicted molar refractivity (Wildman–Crippen MR) is 136 cm³/mol. The molecule has 7 atom stereocenters. The first-order chi connectivity index (χ1) is 17.2. The van der Waals surface area contributed by atoms with E-state index in [1.54, 1.807) is 11.8 Å². The molecule has 1 saturated heterocycles. The van der Waals surface area contributed by atoms with Crippen LogP contribution in [0.5, 0.6) is 0 Å². The summed E-state index contributed by atoms with van der Waals surface area (Å²) in [5.41, 5.74) is 2.78.